The zero-order chi connectivity index (χ0) is 16.1. The van der Waals surface area contributed by atoms with E-state index in [9.17, 15) is 9.59 Å². The molecule has 1 aromatic carbocycles. The van der Waals surface area contributed by atoms with Crippen molar-refractivity contribution >= 4 is 34.8 Å². The molecule has 6 nitrogen and oxygen atoms in total. The van der Waals surface area contributed by atoms with Crippen molar-refractivity contribution < 1.29 is 14.0 Å². The molecule has 0 aliphatic carbocycles. The van der Waals surface area contributed by atoms with Crippen molar-refractivity contribution in [1.29, 1.82) is 0 Å². The molecule has 7 heteroatoms. The van der Waals surface area contributed by atoms with E-state index in [0.29, 0.717) is 16.5 Å². The predicted molar refractivity (Wildman–Crippen MR) is 88.6 cm³/mol. The van der Waals surface area contributed by atoms with Gasteiger partial charge in [0.2, 0.25) is 5.91 Å². The Kier molecular flexibility index (Phi) is 4.68. The van der Waals surface area contributed by atoms with Crippen LogP contribution in [-0.4, -0.2) is 28.3 Å². The average molecular weight is 327 g/mol. The number of nitrogens with one attached hydrogen (secondary N) is 1. The maximum absolute atomic E-state index is 12.1. The molecule has 1 fully saturated rings. The summed E-state index contributed by atoms with van der Waals surface area (Å²) in [6.07, 6.45) is 3.11. The summed E-state index contributed by atoms with van der Waals surface area (Å²) in [5, 5.41) is 10.3. The molecule has 2 aromatic rings. The van der Waals surface area contributed by atoms with Crippen LogP contribution in [0.4, 0.5) is 0 Å². The lowest BCUT2D eigenvalue weighted by Crippen LogP contribution is -2.26. The monoisotopic (exact) mass is 327 g/mol. The summed E-state index contributed by atoms with van der Waals surface area (Å²) in [6, 6.07) is 12.4. The molecule has 0 spiro atoms. The lowest BCUT2D eigenvalue weighted by atomic mass is 10.1. The maximum atomic E-state index is 12.1. The Morgan fingerprint density at radius 2 is 2.09 bits per heavy atom. The molecule has 2 heterocycles. The summed E-state index contributed by atoms with van der Waals surface area (Å²) in [6.45, 7) is 0. The SMILES string of the molecule is O=C(CC1S/C(=N\N=C/c2ccco2)NC1=O)c1ccccc1. The molecule has 1 amide bonds. The molecule has 1 N–H and O–H groups in total. The van der Waals surface area contributed by atoms with Crippen LogP contribution in [0.15, 0.2) is 63.3 Å². The van der Waals surface area contributed by atoms with Gasteiger partial charge in [0, 0.05) is 12.0 Å². The number of rotatable bonds is 5. The fraction of sp³-hybridized carbons (Fsp3) is 0.125. The van der Waals surface area contributed by atoms with Crippen molar-refractivity contribution in [2.24, 2.45) is 10.2 Å². The smallest absolute Gasteiger partial charge is 0.240 e. The van der Waals surface area contributed by atoms with Crippen molar-refractivity contribution in [3.05, 3.63) is 60.1 Å². The second-order valence-corrected chi connectivity index (χ2v) is 5.95. The standard InChI is InChI=1S/C16H13N3O3S/c20-13(11-5-2-1-3-6-11)9-14-15(21)18-16(23-14)19-17-10-12-7-4-8-22-12/h1-8,10,14H,9H2,(H,18,19,21)/b17-10-. The minimum atomic E-state index is -0.486. The van der Waals surface area contributed by atoms with Gasteiger partial charge in [0.15, 0.2) is 11.0 Å². The van der Waals surface area contributed by atoms with Gasteiger partial charge in [-0.15, -0.1) is 5.10 Å². The molecule has 23 heavy (non-hydrogen) atoms. The van der Waals surface area contributed by atoms with Crippen molar-refractivity contribution in [3.8, 4) is 0 Å². The molecule has 1 aromatic heterocycles. The molecule has 0 saturated carbocycles. The number of Topliss-reactive ketones (excluding diaryl/α,β-unsaturated/α-hetero) is 1. The van der Waals surface area contributed by atoms with E-state index < -0.39 is 5.25 Å². The Morgan fingerprint density at radius 3 is 2.83 bits per heavy atom. The highest BCUT2D eigenvalue weighted by Gasteiger charge is 2.32. The second kappa shape index (κ2) is 7.06. The van der Waals surface area contributed by atoms with Crippen molar-refractivity contribution in [3.63, 3.8) is 0 Å². The van der Waals surface area contributed by atoms with Crippen LogP contribution in [0.25, 0.3) is 0 Å². The number of carbonyl (C=O) groups excluding carboxylic acids is 2. The molecule has 1 atom stereocenters. The topological polar surface area (TPSA) is 84.0 Å². The van der Waals surface area contributed by atoms with Crippen LogP contribution in [0.5, 0.6) is 0 Å². The maximum Gasteiger partial charge on any atom is 0.240 e. The highest BCUT2D eigenvalue weighted by molar-refractivity contribution is 8.15. The number of furan rings is 1. The number of amides is 1. The van der Waals surface area contributed by atoms with Gasteiger partial charge >= 0.3 is 0 Å². The highest BCUT2D eigenvalue weighted by Crippen LogP contribution is 2.24. The first-order valence-electron chi connectivity index (χ1n) is 6.92. The van der Waals surface area contributed by atoms with Crippen LogP contribution in [0.3, 0.4) is 0 Å². The quantitative estimate of drug-likeness (QED) is 0.519. The minimum Gasteiger partial charge on any atom is -0.463 e. The molecule has 1 aliphatic rings. The summed E-state index contributed by atoms with van der Waals surface area (Å²) in [4.78, 5) is 24.1. The summed E-state index contributed by atoms with van der Waals surface area (Å²) in [5.74, 6) is 0.268. The van der Waals surface area contributed by atoms with E-state index in [1.807, 2.05) is 6.07 Å². The van der Waals surface area contributed by atoms with Gasteiger partial charge in [-0.25, -0.2) is 0 Å². The van der Waals surface area contributed by atoms with E-state index in [1.54, 1.807) is 36.4 Å². The molecule has 0 bridgehead atoms. The number of hydrogen-bond donors (Lipinski definition) is 1. The fourth-order valence-corrected chi connectivity index (χ4v) is 2.92. The number of nitrogens with zero attached hydrogens (tertiary/aromatic N) is 2. The van der Waals surface area contributed by atoms with Gasteiger partial charge < -0.3 is 9.73 Å². The zero-order valence-electron chi connectivity index (χ0n) is 12.0. The van der Waals surface area contributed by atoms with Gasteiger partial charge in [0.05, 0.1) is 17.7 Å². The number of ketones is 1. The van der Waals surface area contributed by atoms with Gasteiger partial charge in [0.1, 0.15) is 5.76 Å². The van der Waals surface area contributed by atoms with Gasteiger partial charge in [-0.3, -0.25) is 9.59 Å². The highest BCUT2D eigenvalue weighted by atomic mass is 32.2. The summed E-state index contributed by atoms with van der Waals surface area (Å²) >= 11 is 1.20. The molecule has 116 valence electrons. The fourth-order valence-electron chi connectivity index (χ4n) is 2.00. The molecule has 1 saturated heterocycles. The first-order valence-corrected chi connectivity index (χ1v) is 7.80. The van der Waals surface area contributed by atoms with Gasteiger partial charge in [-0.1, -0.05) is 42.1 Å². The van der Waals surface area contributed by atoms with Crippen molar-refractivity contribution in [2.45, 2.75) is 11.7 Å². The number of hydrogen-bond acceptors (Lipinski definition) is 6. The van der Waals surface area contributed by atoms with Crippen LogP contribution >= 0.6 is 11.8 Å². The van der Waals surface area contributed by atoms with Crippen molar-refractivity contribution in [1.82, 2.24) is 5.32 Å². The van der Waals surface area contributed by atoms with Crippen LogP contribution in [-0.2, 0) is 4.79 Å². The van der Waals surface area contributed by atoms with Crippen LogP contribution < -0.4 is 5.32 Å². The van der Waals surface area contributed by atoms with E-state index in [-0.39, 0.29) is 18.1 Å². The van der Waals surface area contributed by atoms with E-state index in [4.69, 9.17) is 4.42 Å². The zero-order valence-corrected chi connectivity index (χ0v) is 12.8. The van der Waals surface area contributed by atoms with E-state index in [2.05, 4.69) is 15.5 Å². The lowest BCUT2D eigenvalue weighted by Gasteiger charge is -2.04. The number of thioether (sulfide) groups is 1. The third-order valence-electron chi connectivity index (χ3n) is 3.12. The molecular formula is C16H13N3O3S. The molecule has 1 unspecified atom stereocenters. The number of benzene rings is 1. The number of carbonyl (C=O) groups is 2. The second-order valence-electron chi connectivity index (χ2n) is 4.75. The Labute approximate surface area is 136 Å². The summed E-state index contributed by atoms with van der Waals surface area (Å²) < 4.78 is 5.08. The van der Waals surface area contributed by atoms with Gasteiger partial charge in [-0.05, 0) is 12.1 Å². The first kappa shape index (κ1) is 15.2. The number of amidine groups is 1. The third-order valence-corrected chi connectivity index (χ3v) is 4.19. The lowest BCUT2D eigenvalue weighted by molar-refractivity contribution is -0.118. The van der Waals surface area contributed by atoms with E-state index in [0.717, 1.165) is 0 Å². The van der Waals surface area contributed by atoms with Crippen LogP contribution in [0, 0.1) is 0 Å². The Bertz CT molecular complexity index is 754. The molecule has 0 radical (unpaired) electrons. The van der Waals surface area contributed by atoms with E-state index >= 15 is 0 Å². The predicted octanol–water partition coefficient (Wildman–Crippen LogP) is 2.47. The minimum absolute atomic E-state index is 0.0708. The van der Waals surface area contributed by atoms with Crippen LogP contribution in [0.2, 0.25) is 0 Å². The van der Waals surface area contributed by atoms with Crippen LogP contribution in [0.1, 0.15) is 22.5 Å². The van der Waals surface area contributed by atoms with Gasteiger partial charge in [0.25, 0.3) is 0 Å². The Balaban J connectivity index is 1.60. The summed E-state index contributed by atoms with van der Waals surface area (Å²) in [5.41, 5.74) is 0.599. The summed E-state index contributed by atoms with van der Waals surface area (Å²) in [7, 11) is 0. The normalized spacial score (nSPS) is 19.4. The average Bonchev–Trinajstić information content (AvgIpc) is 3.19. The largest absolute Gasteiger partial charge is 0.463 e. The molecule has 3 rings (SSSR count). The van der Waals surface area contributed by atoms with Crippen molar-refractivity contribution in [2.75, 3.05) is 0 Å². The van der Waals surface area contributed by atoms with Gasteiger partial charge in [-0.2, -0.15) is 5.10 Å². The molecular weight excluding hydrogens is 314 g/mol. The third kappa shape index (κ3) is 3.95. The Hall–Kier alpha value is -2.67. The Morgan fingerprint density at radius 1 is 1.26 bits per heavy atom. The molecule has 1 aliphatic heterocycles. The first-order chi connectivity index (χ1) is 11.2. The van der Waals surface area contributed by atoms with E-state index in [1.165, 1.54) is 24.2 Å².